The van der Waals surface area contributed by atoms with Gasteiger partial charge in [0, 0.05) is 17.8 Å². The number of aryl methyl sites for hydroxylation is 1. The number of nitrogens with one attached hydrogen (secondary N) is 2. The van der Waals surface area contributed by atoms with Crippen LogP contribution in [0, 0.1) is 0 Å². The molecular weight excluding hydrogens is 316 g/mol. The molecule has 25 heavy (non-hydrogen) atoms. The summed E-state index contributed by atoms with van der Waals surface area (Å²) >= 11 is 0. The largest absolute Gasteiger partial charge is 0.373 e. The van der Waals surface area contributed by atoms with Crippen LogP contribution in [0.5, 0.6) is 0 Å². The number of fused-ring (bicyclic) bond motifs is 2. The van der Waals surface area contributed by atoms with Crippen molar-refractivity contribution in [3.05, 3.63) is 59.2 Å². The molecule has 2 amide bonds. The van der Waals surface area contributed by atoms with Gasteiger partial charge < -0.3 is 15.4 Å². The van der Waals surface area contributed by atoms with Gasteiger partial charge in [-0.15, -0.1) is 0 Å². The van der Waals surface area contributed by atoms with Crippen LogP contribution < -0.4 is 10.6 Å². The van der Waals surface area contributed by atoms with Gasteiger partial charge in [-0.3, -0.25) is 9.59 Å². The molecule has 2 aromatic carbocycles. The minimum atomic E-state index is -0.193. The smallest absolute Gasteiger partial charge is 0.227 e. The highest BCUT2D eigenvalue weighted by atomic mass is 16.5. The third-order valence-electron chi connectivity index (χ3n) is 4.75. The van der Waals surface area contributed by atoms with Crippen LogP contribution in [0.15, 0.2) is 42.5 Å². The summed E-state index contributed by atoms with van der Waals surface area (Å²) in [6.07, 6.45) is 2.18. The third-order valence-corrected chi connectivity index (χ3v) is 4.75. The van der Waals surface area contributed by atoms with E-state index in [0.717, 1.165) is 28.9 Å². The van der Waals surface area contributed by atoms with Gasteiger partial charge in [-0.25, -0.2) is 0 Å². The second-order valence-corrected chi connectivity index (χ2v) is 6.48. The fraction of sp³-hybridized carbons (Fsp3) is 0.300. The maximum atomic E-state index is 12.4. The molecule has 128 valence electrons. The van der Waals surface area contributed by atoms with E-state index in [1.165, 1.54) is 5.56 Å². The van der Waals surface area contributed by atoms with Crippen molar-refractivity contribution < 1.29 is 14.3 Å². The van der Waals surface area contributed by atoms with E-state index in [4.69, 9.17) is 4.74 Å². The molecule has 0 aliphatic carbocycles. The van der Waals surface area contributed by atoms with E-state index in [9.17, 15) is 9.59 Å². The predicted molar refractivity (Wildman–Crippen MR) is 95.5 cm³/mol. The molecule has 0 radical (unpaired) electrons. The number of hydrogen-bond donors (Lipinski definition) is 2. The summed E-state index contributed by atoms with van der Waals surface area (Å²) < 4.78 is 5.81. The lowest BCUT2D eigenvalue weighted by Crippen LogP contribution is -2.22. The Morgan fingerprint density at radius 2 is 2.00 bits per heavy atom. The molecule has 0 saturated heterocycles. The number of hydrogen-bond acceptors (Lipinski definition) is 3. The molecule has 1 atom stereocenters. The summed E-state index contributed by atoms with van der Waals surface area (Å²) in [5.41, 5.74) is 5.01. The molecule has 2 aromatic rings. The monoisotopic (exact) mass is 336 g/mol. The molecule has 0 spiro atoms. The van der Waals surface area contributed by atoms with E-state index in [-0.39, 0.29) is 17.9 Å². The third kappa shape index (κ3) is 3.42. The molecule has 0 fully saturated rings. The molecule has 4 rings (SSSR count). The lowest BCUT2D eigenvalue weighted by Gasteiger charge is -2.25. The average Bonchev–Trinajstić information content (AvgIpc) is 2.62. The highest BCUT2D eigenvalue weighted by Crippen LogP contribution is 2.30. The van der Waals surface area contributed by atoms with E-state index in [2.05, 4.69) is 16.7 Å². The van der Waals surface area contributed by atoms with E-state index in [1.54, 1.807) is 0 Å². The number of benzene rings is 2. The van der Waals surface area contributed by atoms with Gasteiger partial charge in [-0.1, -0.05) is 24.3 Å². The summed E-state index contributed by atoms with van der Waals surface area (Å²) in [4.78, 5) is 23.9. The van der Waals surface area contributed by atoms with Crippen LogP contribution in [0.4, 0.5) is 11.4 Å². The first kappa shape index (κ1) is 15.8. The minimum Gasteiger partial charge on any atom is -0.373 e. The van der Waals surface area contributed by atoms with E-state index in [1.807, 2.05) is 36.4 Å². The first-order valence-electron chi connectivity index (χ1n) is 8.61. The van der Waals surface area contributed by atoms with Crippen LogP contribution >= 0.6 is 0 Å². The van der Waals surface area contributed by atoms with E-state index >= 15 is 0 Å². The number of carbonyl (C=O) groups is 2. The first-order chi connectivity index (χ1) is 12.2. The van der Waals surface area contributed by atoms with Gasteiger partial charge in [-0.05, 0) is 47.7 Å². The zero-order valence-corrected chi connectivity index (χ0v) is 13.9. The van der Waals surface area contributed by atoms with Crippen LogP contribution in [-0.4, -0.2) is 18.4 Å². The molecule has 0 saturated carbocycles. The molecule has 5 heteroatoms. The summed E-state index contributed by atoms with van der Waals surface area (Å²) in [5.74, 6) is -0.0288. The second-order valence-electron chi connectivity index (χ2n) is 6.48. The Balaban J connectivity index is 1.44. The molecule has 2 aliphatic rings. The molecule has 5 nitrogen and oxygen atoms in total. The summed E-state index contributed by atoms with van der Waals surface area (Å²) in [6.45, 7) is 0.646. The van der Waals surface area contributed by atoms with E-state index in [0.29, 0.717) is 25.9 Å². The Morgan fingerprint density at radius 3 is 2.92 bits per heavy atom. The molecular formula is C20H20N2O3. The molecule has 2 heterocycles. The molecule has 2 N–H and O–H groups in total. The number of carbonyl (C=O) groups excluding carboxylic acids is 2. The van der Waals surface area contributed by atoms with Gasteiger partial charge in [-0.2, -0.15) is 0 Å². The fourth-order valence-electron chi connectivity index (χ4n) is 3.49. The standard InChI is InChI=1S/C20H20N2O3/c23-19-8-5-14-11-15(6-7-17(14)22-19)21-20(24)12-18-16-4-2-1-3-13(16)9-10-25-18/h1-4,6-7,11,18H,5,8-10,12H2,(H,21,24)(H,22,23). The lowest BCUT2D eigenvalue weighted by molar-refractivity contribution is -0.119. The topological polar surface area (TPSA) is 67.4 Å². The quantitative estimate of drug-likeness (QED) is 0.904. The predicted octanol–water partition coefficient (Wildman–Crippen LogP) is 3.21. The van der Waals surface area contributed by atoms with Crippen molar-refractivity contribution in [2.45, 2.75) is 31.8 Å². The van der Waals surface area contributed by atoms with Crippen LogP contribution in [0.3, 0.4) is 0 Å². The van der Waals surface area contributed by atoms with Gasteiger partial charge in [0.15, 0.2) is 0 Å². The lowest BCUT2D eigenvalue weighted by atomic mass is 9.95. The Bertz CT molecular complexity index is 831. The Labute approximate surface area is 146 Å². The summed E-state index contributed by atoms with van der Waals surface area (Å²) in [6, 6.07) is 13.7. The molecule has 1 unspecified atom stereocenters. The normalized spacial score (nSPS) is 18.7. The van der Waals surface area contributed by atoms with Gasteiger partial charge in [0.2, 0.25) is 11.8 Å². The van der Waals surface area contributed by atoms with Crippen molar-refractivity contribution in [3.63, 3.8) is 0 Å². The summed E-state index contributed by atoms with van der Waals surface area (Å²) in [5, 5.41) is 5.80. The van der Waals surface area contributed by atoms with Crippen molar-refractivity contribution in [1.82, 2.24) is 0 Å². The maximum absolute atomic E-state index is 12.4. The second kappa shape index (κ2) is 6.69. The fourth-order valence-corrected chi connectivity index (χ4v) is 3.49. The SMILES string of the molecule is O=C(CC1OCCc2ccccc21)Nc1ccc2c(c1)CCC(=O)N2. The van der Waals surface area contributed by atoms with Crippen molar-refractivity contribution >= 4 is 23.2 Å². The van der Waals surface area contributed by atoms with Gasteiger partial charge in [0.05, 0.1) is 19.1 Å². The van der Waals surface area contributed by atoms with Gasteiger partial charge >= 0.3 is 0 Å². The van der Waals surface area contributed by atoms with Crippen LogP contribution in [0.2, 0.25) is 0 Å². The van der Waals surface area contributed by atoms with Crippen molar-refractivity contribution in [1.29, 1.82) is 0 Å². The summed E-state index contributed by atoms with van der Waals surface area (Å²) in [7, 11) is 0. The van der Waals surface area contributed by atoms with Crippen LogP contribution in [-0.2, 0) is 27.2 Å². The number of amides is 2. The van der Waals surface area contributed by atoms with Crippen molar-refractivity contribution in [2.24, 2.45) is 0 Å². The number of anilines is 2. The van der Waals surface area contributed by atoms with Gasteiger partial charge in [0.1, 0.15) is 0 Å². The van der Waals surface area contributed by atoms with Crippen LogP contribution in [0.25, 0.3) is 0 Å². The van der Waals surface area contributed by atoms with Gasteiger partial charge in [0.25, 0.3) is 0 Å². The van der Waals surface area contributed by atoms with Crippen molar-refractivity contribution in [3.8, 4) is 0 Å². The molecule has 0 aromatic heterocycles. The highest BCUT2D eigenvalue weighted by Gasteiger charge is 2.23. The zero-order chi connectivity index (χ0) is 17.2. The number of ether oxygens (including phenoxy) is 1. The first-order valence-corrected chi connectivity index (χ1v) is 8.61. The highest BCUT2D eigenvalue weighted by molar-refractivity contribution is 5.95. The average molecular weight is 336 g/mol. The van der Waals surface area contributed by atoms with Crippen molar-refractivity contribution in [2.75, 3.05) is 17.2 Å². The number of rotatable bonds is 3. The molecule has 0 bridgehead atoms. The Hall–Kier alpha value is -2.66. The maximum Gasteiger partial charge on any atom is 0.227 e. The van der Waals surface area contributed by atoms with E-state index < -0.39 is 0 Å². The minimum absolute atomic E-state index is 0.0393. The Morgan fingerprint density at radius 1 is 1.12 bits per heavy atom. The zero-order valence-electron chi connectivity index (χ0n) is 13.9. The molecule has 2 aliphatic heterocycles. The van der Waals surface area contributed by atoms with Crippen LogP contribution in [0.1, 0.15) is 35.6 Å². The Kier molecular flexibility index (Phi) is 4.24.